The second-order valence-electron chi connectivity index (χ2n) is 5.35. The molecule has 0 unspecified atom stereocenters. The highest BCUT2D eigenvalue weighted by Gasteiger charge is 2.26. The van der Waals surface area contributed by atoms with Gasteiger partial charge in [-0.15, -0.1) is 0 Å². The molecule has 1 aliphatic rings. The maximum atomic E-state index is 5.49. The molecule has 4 nitrogen and oxygen atoms in total. The maximum absolute atomic E-state index is 5.49. The Bertz CT molecular complexity index is 429. The van der Waals surface area contributed by atoms with Crippen molar-refractivity contribution in [3.8, 4) is 0 Å². The van der Waals surface area contributed by atoms with Gasteiger partial charge in [0.15, 0.2) is 5.82 Å². The lowest BCUT2D eigenvalue weighted by molar-refractivity contribution is 0.0114. The summed E-state index contributed by atoms with van der Waals surface area (Å²) in [5, 5.41) is 3.21. The standard InChI is InChI=1S/C14H23N3O/c1-14(2,18-4)13-16-11-9-7-5-6-8-10(11)12(15-3)17-13/h5-9H2,1-4H3,(H,15,16,17). The zero-order chi connectivity index (χ0) is 13.2. The fourth-order valence-corrected chi connectivity index (χ4v) is 2.34. The van der Waals surface area contributed by atoms with Crippen LogP contribution < -0.4 is 5.32 Å². The number of aromatic nitrogens is 2. The van der Waals surface area contributed by atoms with E-state index in [-0.39, 0.29) is 0 Å². The first kappa shape index (κ1) is 13.3. The second kappa shape index (κ2) is 5.22. The summed E-state index contributed by atoms with van der Waals surface area (Å²) in [5.74, 6) is 1.75. The molecule has 0 saturated heterocycles. The van der Waals surface area contributed by atoms with Crippen LogP contribution in [0.25, 0.3) is 0 Å². The van der Waals surface area contributed by atoms with E-state index in [2.05, 4.69) is 10.3 Å². The van der Waals surface area contributed by atoms with Crippen LogP contribution in [0.15, 0.2) is 0 Å². The molecule has 4 heteroatoms. The first-order chi connectivity index (χ1) is 8.58. The van der Waals surface area contributed by atoms with Crippen LogP contribution in [0.4, 0.5) is 5.82 Å². The molecule has 0 bridgehead atoms. The minimum absolute atomic E-state index is 0.438. The Morgan fingerprint density at radius 3 is 2.50 bits per heavy atom. The third kappa shape index (κ3) is 2.48. The van der Waals surface area contributed by atoms with Gasteiger partial charge < -0.3 is 10.1 Å². The predicted octanol–water partition coefficient (Wildman–Crippen LogP) is 2.67. The zero-order valence-corrected chi connectivity index (χ0v) is 11.8. The van der Waals surface area contributed by atoms with Crippen LogP contribution in [-0.2, 0) is 23.2 Å². The summed E-state index contributed by atoms with van der Waals surface area (Å²) in [6.45, 7) is 4.01. The van der Waals surface area contributed by atoms with Crippen molar-refractivity contribution in [1.29, 1.82) is 0 Å². The van der Waals surface area contributed by atoms with Gasteiger partial charge in [0.2, 0.25) is 0 Å². The number of nitrogens with zero attached hydrogens (tertiary/aromatic N) is 2. The van der Waals surface area contributed by atoms with Crippen LogP contribution in [0.5, 0.6) is 0 Å². The maximum Gasteiger partial charge on any atom is 0.162 e. The molecule has 1 N–H and O–H groups in total. The fourth-order valence-electron chi connectivity index (χ4n) is 2.34. The van der Waals surface area contributed by atoms with E-state index in [1.165, 1.54) is 30.5 Å². The van der Waals surface area contributed by atoms with Crippen molar-refractivity contribution in [3.63, 3.8) is 0 Å². The summed E-state index contributed by atoms with van der Waals surface area (Å²) in [4.78, 5) is 9.39. The topological polar surface area (TPSA) is 47.0 Å². The molecule has 0 amide bonds. The van der Waals surface area contributed by atoms with E-state index in [1.54, 1.807) is 7.11 Å². The molecule has 2 rings (SSSR count). The fraction of sp³-hybridized carbons (Fsp3) is 0.714. The Morgan fingerprint density at radius 1 is 1.11 bits per heavy atom. The first-order valence-corrected chi connectivity index (χ1v) is 6.71. The van der Waals surface area contributed by atoms with Crippen LogP contribution in [0, 0.1) is 0 Å². The van der Waals surface area contributed by atoms with Gasteiger partial charge in [-0.2, -0.15) is 0 Å². The quantitative estimate of drug-likeness (QED) is 0.837. The van der Waals surface area contributed by atoms with E-state index >= 15 is 0 Å². The highest BCUT2D eigenvalue weighted by molar-refractivity contribution is 5.47. The van der Waals surface area contributed by atoms with Gasteiger partial charge in [0.05, 0.1) is 0 Å². The molecule has 1 aromatic heterocycles. The van der Waals surface area contributed by atoms with Gasteiger partial charge in [-0.05, 0) is 39.5 Å². The summed E-state index contributed by atoms with van der Waals surface area (Å²) in [7, 11) is 3.63. The average Bonchev–Trinajstić information content (AvgIpc) is 2.62. The van der Waals surface area contributed by atoms with Gasteiger partial charge >= 0.3 is 0 Å². The van der Waals surface area contributed by atoms with Gasteiger partial charge in [-0.25, -0.2) is 9.97 Å². The van der Waals surface area contributed by atoms with E-state index in [0.29, 0.717) is 0 Å². The lowest BCUT2D eigenvalue weighted by Crippen LogP contribution is -2.25. The Labute approximate surface area is 109 Å². The van der Waals surface area contributed by atoms with Crippen LogP contribution in [0.3, 0.4) is 0 Å². The number of hydrogen-bond donors (Lipinski definition) is 1. The van der Waals surface area contributed by atoms with Crippen molar-refractivity contribution >= 4 is 5.82 Å². The number of hydrogen-bond acceptors (Lipinski definition) is 4. The molecular formula is C14H23N3O. The second-order valence-corrected chi connectivity index (χ2v) is 5.35. The molecule has 1 aromatic rings. The van der Waals surface area contributed by atoms with Crippen molar-refractivity contribution in [2.75, 3.05) is 19.5 Å². The minimum atomic E-state index is -0.438. The number of ether oxygens (including phenoxy) is 1. The van der Waals surface area contributed by atoms with Crippen LogP contribution in [0.2, 0.25) is 0 Å². The predicted molar refractivity (Wildman–Crippen MR) is 72.9 cm³/mol. The highest BCUT2D eigenvalue weighted by atomic mass is 16.5. The zero-order valence-electron chi connectivity index (χ0n) is 11.8. The van der Waals surface area contributed by atoms with E-state index in [1.807, 2.05) is 20.9 Å². The molecule has 18 heavy (non-hydrogen) atoms. The summed E-state index contributed by atoms with van der Waals surface area (Å²) in [5.41, 5.74) is 2.06. The Hall–Kier alpha value is -1.16. The van der Waals surface area contributed by atoms with E-state index < -0.39 is 5.60 Å². The SMILES string of the molecule is CNc1nc(C(C)(C)OC)nc2c1CCCCC2. The van der Waals surface area contributed by atoms with Gasteiger partial charge in [-0.3, -0.25) is 0 Å². The lowest BCUT2D eigenvalue weighted by atomic mass is 10.1. The average molecular weight is 249 g/mol. The third-order valence-corrected chi connectivity index (χ3v) is 3.72. The Kier molecular flexibility index (Phi) is 3.85. The number of methoxy groups -OCH3 is 1. The molecule has 0 fully saturated rings. The number of anilines is 1. The van der Waals surface area contributed by atoms with Crippen molar-refractivity contribution in [2.24, 2.45) is 0 Å². The molecule has 100 valence electrons. The van der Waals surface area contributed by atoms with E-state index in [4.69, 9.17) is 9.72 Å². The molecule has 0 spiro atoms. The highest BCUT2D eigenvalue weighted by Crippen LogP contribution is 2.28. The normalized spacial score (nSPS) is 16.0. The number of nitrogens with one attached hydrogen (secondary N) is 1. The Morgan fingerprint density at radius 2 is 1.83 bits per heavy atom. The monoisotopic (exact) mass is 249 g/mol. The summed E-state index contributed by atoms with van der Waals surface area (Å²) >= 11 is 0. The molecule has 0 aromatic carbocycles. The third-order valence-electron chi connectivity index (χ3n) is 3.72. The largest absolute Gasteiger partial charge is 0.373 e. The number of rotatable bonds is 3. The molecule has 0 saturated carbocycles. The lowest BCUT2D eigenvalue weighted by Gasteiger charge is -2.23. The molecule has 1 aliphatic carbocycles. The van der Waals surface area contributed by atoms with Gasteiger partial charge in [0.25, 0.3) is 0 Å². The van der Waals surface area contributed by atoms with Crippen molar-refractivity contribution in [2.45, 2.75) is 51.6 Å². The summed E-state index contributed by atoms with van der Waals surface area (Å²) in [6.07, 6.45) is 5.87. The smallest absolute Gasteiger partial charge is 0.162 e. The molecular weight excluding hydrogens is 226 g/mol. The summed E-state index contributed by atoms with van der Waals surface area (Å²) < 4.78 is 5.49. The minimum Gasteiger partial charge on any atom is -0.373 e. The first-order valence-electron chi connectivity index (χ1n) is 6.71. The molecule has 0 aliphatic heterocycles. The van der Waals surface area contributed by atoms with Gasteiger partial charge in [0.1, 0.15) is 11.4 Å². The molecule has 1 heterocycles. The number of aryl methyl sites for hydroxylation is 1. The van der Waals surface area contributed by atoms with Crippen LogP contribution >= 0.6 is 0 Å². The van der Waals surface area contributed by atoms with Gasteiger partial charge in [-0.1, -0.05) is 6.42 Å². The van der Waals surface area contributed by atoms with Crippen molar-refractivity contribution < 1.29 is 4.74 Å². The van der Waals surface area contributed by atoms with Gasteiger partial charge in [0, 0.05) is 25.4 Å². The van der Waals surface area contributed by atoms with E-state index in [0.717, 1.165) is 24.5 Å². The number of fused-ring (bicyclic) bond motifs is 1. The van der Waals surface area contributed by atoms with Crippen molar-refractivity contribution in [1.82, 2.24) is 9.97 Å². The Balaban J connectivity index is 2.49. The van der Waals surface area contributed by atoms with E-state index in [9.17, 15) is 0 Å². The molecule has 0 atom stereocenters. The molecule has 0 radical (unpaired) electrons. The summed E-state index contributed by atoms with van der Waals surface area (Å²) in [6, 6.07) is 0. The van der Waals surface area contributed by atoms with Crippen LogP contribution in [-0.4, -0.2) is 24.1 Å². The van der Waals surface area contributed by atoms with Crippen LogP contribution in [0.1, 0.15) is 50.2 Å². The van der Waals surface area contributed by atoms with Crippen molar-refractivity contribution in [3.05, 3.63) is 17.1 Å².